The number of nitrogens with one attached hydrogen (secondary N) is 1. The molecule has 38 heavy (non-hydrogen) atoms. The maximum atomic E-state index is 13.8. The highest BCUT2D eigenvalue weighted by Gasteiger charge is 2.19. The van der Waals surface area contributed by atoms with Crippen LogP contribution in [0, 0.1) is 18.7 Å². The first-order valence-electron chi connectivity index (χ1n) is 13.1. The number of halogens is 1. The Morgan fingerprint density at radius 1 is 1.05 bits per heavy atom. The van der Waals surface area contributed by atoms with Gasteiger partial charge >= 0.3 is 0 Å². The van der Waals surface area contributed by atoms with Crippen molar-refractivity contribution in [1.82, 2.24) is 19.4 Å². The molecule has 0 spiro atoms. The van der Waals surface area contributed by atoms with Gasteiger partial charge in [-0.05, 0) is 99.9 Å². The largest absolute Gasteiger partial charge is 0.352 e. The summed E-state index contributed by atoms with van der Waals surface area (Å²) in [6, 6.07) is 22.8. The van der Waals surface area contributed by atoms with Gasteiger partial charge in [0.05, 0.1) is 45.4 Å². The average Bonchev–Trinajstić information content (AvgIpc) is 2.92. The molecule has 0 amide bonds. The number of aromatic nitrogens is 3. The average molecular weight is 507 g/mol. The van der Waals surface area contributed by atoms with Crippen LogP contribution in [0.5, 0.6) is 0 Å². The molecular formula is C31H31FN6. The predicted octanol–water partition coefficient (Wildman–Crippen LogP) is 5.96. The van der Waals surface area contributed by atoms with E-state index < -0.39 is 0 Å². The lowest BCUT2D eigenvalue weighted by Gasteiger charge is -2.28. The normalized spacial score (nSPS) is 16.8. The molecule has 3 aromatic rings. The summed E-state index contributed by atoms with van der Waals surface area (Å²) in [5.41, 5.74) is 7.19. The Hall–Kier alpha value is -4.10. The first kappa shape index (κ1) is 24.2. The number of pyridine rings is 1. The topological polar surface area (TPSA) is 58.3 Å². The minimum Gasteiger partial charge on any atom is -0.352 e. The Bertz CT molecular complexity index is 1610. The number of likely N-dealkylation sites (tertiary alicyclic amines) is 1. The van der Waals surface area contributed by atoms with Crippen LogP contribution in [0.25, 0.3) is 28.1 Å². The van der Waals surface area contributed by atoms with Gasteiger partial charge in [0.1, 0.15) is 5.82 Å². The maximum Gasteiger partial charge on any atom is 0.123 e. The molecule has 2 aromatic carbocycles. The fraction of sp³-hybridized carbons (Fsp3) is 0.258. The van der Waals surface area contributed by atoms with Crippen molar-refractivity contribution in [2.75, 3.05) is 32.0 Å². The summed E-state index contributed by atoms with van der Waals surface area (Å²) in [4.78, 5) is 17.0. The van der Waals surface area contributed by atoms with E-state index in [1.165, 1.54) is 25.0 Å². The van der Waals surface area contributed by atoms with Crippen LogP contribution in [0.1, 0.15) is 18.5 Å². The smallest absolute Gasteiger partial charge is 0.123 e. The van der Waals surface area contributed by atoms with E-state index in [0.717, 1.165) is 70.2 Å². The van der Waals surface area contributed by atoms with Crippen molar-refractivity contribution in [2.45, 2.75) is 19.8 Å². The van der Waals surface area contributed by atoms with E-state index >= 15 is 0 Å². The molecule has 192 valence electrons. The molecule has 1 aliphatic carbocycles. The van der Waals surface area contributed by atoms with Crippen molar-refractivity contribution in [3.63, 3.8) is 0 Å². The molecule has 1 aromatic heterocycles. The van der Waals surface area contributed by atoms with E-state index in [-0.39, 0.29) is 5.82 Å². The molecule has 1 fully saturated rings. The quantitative estimate of drug-likeness (QED) is 0.299. The molecule has 3 heterocycles. The van der Waals surface area contributed by atoms with E-state index in [9.17, 15) is 4.39 Å². The van der Waals surface area contributed by atoms with Crippen LogP contribution in [-0.4, -0.2) is 46.1 Å². The van der Waals surface area contributed by atoms with Crippen LogP contribution in [0.15, 0.2) is 84.0 Å². The Morgan fingerprint density at radius 3 is 2.68 bits per heavy atom. The maximum absolute atomic E-state index is 13.8. The molecular weight excluding hydrogens is 475 g/mol. The van der Waals surface area contributed by atoms with Gasteiger partial charge in [-0.2, -0.15) is 0 Å². The van der Waals surface area contributed by atoms with Crippen LogP contribution in [0.4, 0.5) is 15.8 Å². The van der Waals surface area contributed by atoms with Crippen molar-refractivity contribution >= 4 is 22.4 Å². The second-order valence-corrected chi connectivity index (χ2v) is 10.2. The van der Waals surface area contributed by atoms with Crippen molar-refractivity contribution in [3.8, 4) is 17.1 Å². The fourth-order valence-corrected chi connectivity index (χ4v) is 5.29. The lowest BCUT2D eigenvalue weighted by atomic mass is 9.99. The van der Waals surface area contributed by atoms with Crippen LogP contribution in [0.3, 0.4) is 0 Å². The number of para-hydroxylation sites is 2. The van der Waals surface area contributed by atoms with Crippen molar-refractivity contribution in [3.05, 3.63) is 95.9 Å². The zero-order chi connectivity index (χ0) is 26.1. The number of aryl methyl sites for hydroxylation is 1. The van der Waals surface area contributed by atoms with Gasteiger partial charge in [-0.25, -0.2) is 9.37 Å². The summed E-state index contributed by atoms with van der Waals surface area (Å²) in [6.07, 6.45) is 4.23. The molecule has 1 saturated heterocycles. The van der Waals surface area contributed by atoms with E-state index in [4.69, 9.17) is 9.98 Å². The third-order valence-corrected chi connectivity index (χ3v) is 7.21. The summed E-state index contributed by atoms with van der Waals surface area (Å²) in [7, 11) is 2.18. The Kier molecular flexibility index (Phi) is 6.60. The predicted molar refractivity (Wildman–Crippen MR) is 151 cm³/mol. The standard InChI is InChI=1S/C31H31FN6/c1-21-9-12-24(19-33-21)35-28-16-29-31(17-27(28)34-18-22-6-5-15-37(2)20-22)38(25-13-10-23(32)11-14-25)30-8-4-3-7-26(30)36-29/h3-4,7-14,16-17,19,22,35H,5-6,15,18,20H2,1-2H3. The molecule has 0 saturated carbocycles. The molecule has 7 heteroatoms. The van der Waals surface area contributed by atoms with Crippen LogP contribution >= 0.6 is 0 Å². The van der Waals surface area contributed by atoms with Gasteiger partial charge in [0.15, 0.2) is 0 Å². The zero-order valence-corrected chi connectivity index (χ0v) is 21.7. The molecule has 3 aliphatic rings. The molecule has 0 bridgehead atoms. The van der Waals surface area contributed by atoms with Crippen molar-refractivity contribution in [2.24, 2.45) is 10.9 Å². The third kappa shape index (κ3) is 5.02. The van der Waals surface area contributed by atoms with E-state index in [1.807, 2.05) is 49.5 Å². The van der Waals surface area contributed by atoms with Crippen molar-refractivity contribution < 1.29 is 4.39 Å². The number of rotatable bonds is 5. The molecule has 6 rings (SSSR count). The lowest BCUT2D eigenvalue weighted by molar-refractivity contribution is 0.214. The number of hydrogen-bond acceptors (Lipinski definition) is 5. The zero-order valence-electron chi connectivity index (χ0n) is 21.7. The molecule has 1 unspecified atom stereocenters. The summed E-state index contributed by atoms with van der Waals surface area (Å²) in [6.45, 7) is 4.94. The van der Waals surface area contributed by atoms with Gasteiger partial charge in [0.2, 0.25) is 0 Å². The first-order valence-corrected chi connectivity index (χ1v) is 13.1. The Labute approximate surface area is 221 Å². The van der Waals surface area contributed by atoms with E-state index in [1.54, 1.807) is 12.1 Å². The highest BCUT2D eigenvalue weighted by atomic mass is 19.1. The number of nitrogens with zero attached hydrogens (tertiary/aromatic N) is 5. The Balaban J connectivity index is 1.55. The summed E-state index contributed by atoms with van der Waals surface area (Å²) in [5, 5.41) is 4.41. The minimum absolute atomic E-state index is 0.261. The van der Waals surface area contributed by atoms with Gasteiger partial charge in [-0.3, -0.25) is 9.98 Å². The Morgan fingerprint density at radius 2 is 1.89 bits per heavy atom. The van der Waals surface area contributed by atoms with E-state index in [0.29, 0.717) is 5.92 Å². The molecule has 6 nitrogen and oxygen atoms in total. The van der Waals surface area contributed by atoms with Crippen LogP contribution < -0.4 is 10.7 Å². The monoisotopic (exact) mass is 506 g/mol. The minimum atomic E-state index is -0.261. The lowest BCUT2D eigenvalue weighted by Crippen LogP contribution is -2.33. The summed E-state index contributed by atoms with van der Waals surface area (Å²) >= 11 is 0. The highest BCUT2D eigenvalue weighted by Crippen LogP contribution is 2.30. The van der Waals surface area contributed by atoms with Gasteiger partial charge in [0, 0.05) is 24.5 Å². The second kappa shape index (κ2) is 10.3. The van der Waals surface area contributed by atoms with Gasteiger partial charge in [-0.15, -0.1) is 0 Å². The van der Waals surface area contributed by atoms with E-state index in [2.05, 4.69) is 38.9 Å². The highest BCUT2D eigenvalue weighted by molar-refractivity contribution is 5.84. The van der Waals surface area contributed by atoms with Crippen LogP contribution in [-0.2, 0) is 0 Å². The third-order valence-electron chi connectivity index (χ3n) is 7.21. The van der Waals surface area contributed by atoms with Gasteiger partial charge < -0.3 is 14.8 Å². The number of piperidine rings is 1. The fourth-order valence-electron chi connectivity index (χ4n) is 5.29. The van der Waals surface area contributed by atoms with Crippen LogP contribution in [0.2, 0.25) is 0 Å². The molecule has 1 atom stereocenters. The molecule has 1 N–H and O–H groups in total. The summed E-state index contributed by atoms with van der Waals surface area (Å²) in [5.74, 6) is 0.264. The number of fused-ring (bicyclic) bond motifs is 2. The number of hydrogen-bond donors (Lipinski definition) is 1. The number of anilines is 2. The number of benzene rings is 3. The van der Waals surface area contributed by atoms with Gasteiger partial charge in [0.25, 0.3) is 0 Å². The van der Waals surface area contributed by atoms with Crippen molar-refractivity contribution in [1.29, 1.82) is 0 Å². The molecule has 0 radical (unpaired) electrons. The SMILES string of the molecule is Cc1ccc(Nc2cc3nc4ccccc4n(-c4ccc(F)cc4)c-3cc2=NCC2CCCN(C)C2)cn1. The van der Waals surface area contributed by atoms with Gasteiger partial charge in [-0.1, -0.05) is 12.1 Å². The second-order valence-electron chi connectivity index (χ2n) is 10.2. The summed E-state index contributed by atoms with van der Waals surface area (Å²) < 4.78 is 16.0. The first-order chi connectivity index (χ1) is 18.5. The molecule has 2 aliphatic heterocycles.